The third kappa shape index (κ3) is 4.37. The van der Waals surface area contributed by atoms with Gasteiger partial charge in [-0.15, -0.1) is 0 Å². The van der Waals surface area contributed by atoms with Crippen LogP contribution < -0.4 is 0 Å². The fraction of sp³-hybridized carbons (Fsp3) is 0.211. The van der Waals surface area contributed by atoms with Gasteiger partial charge in [0.05, 0.1) is 21.7 Å². The Morgan fingerprint density at radius 3 is 1.69 bits per heavy atom. The number of nitrogens with zero attached hydrogens (tertiary/aromatic N) is 1. The van der Waals surface area contributed by atoms with Gasteiger partial charge in [-0.05, 0) is 42.3 Å². The summed E-state index contributed by atoms with van der Waals surface area (Å²) in [6.45, 7) is 5.78. The SMILES string of the molecule is CC.Cc1[nH]c(C(c2ccc(F)c(Cl)c2)c2ccc(F)c(Cl)c2)nc1Cl. The van der Waals surface area contributed by atoms with Crippen molar-refractivity contribution in [3.05, 3.63) is 85.9 Å². The molecule has 0 unspecified atom stereocenters. The van der Waals surface area contributed by atoms with Gasteiger partial charge in [-0.25, -0.2) is 13.8 Å². The molecule has 3 aromatic rings. The van der Waals surface area contributed by atoms with Crippen LogP contribution in [0, 0.1) is 18.6 Å². The van der Waals surface area contributed by atoms with Crippen LogP contribution in [0.1, 0.15) is 42.4 Å². The molecule has 0 aliphatic rings. The molecule has 0 radical (unpaired) electrons. The highest BCUT2D eigenvalue weighted by atomic mass is 35.5. The molecule has 1 heterocycles. The van der Waals surface area contributed by atoms with Gasteiger partial charge in [-0.2, -0.15) is 0 Å². The average Bonchev–Trinajstić information content (AvgIpc) is 2.95. The van der Waals surface area contributed by atoms with Crippen LogP contribution >= 0.6 is 34.8 Å². The number of H-pyrrole nitrogens is 1. The topological polar surface area (TPSA) is 28.7 Å². The smallest absolute Gasteiger partial charge is 0.150 e. The molecule has 1 aromatic heterocycles. The molecule has 1 N–H and O–H groups in total. The summed E-state index contributed by atoms with van der Waals surface area (Å²) in [4.78, 5) is 7.40. The molecule has 0 aliphatic carbocycles. The lowest BCUT2D eigenvalue weighted by Gasteiger charge is -2.17. The Balaban J connectivity index is 0.00000117. The number of aromatic amines is 1. The van der Waals surface area contributed by atoms with Crippen molar-refractivity contribution in [3.8, 4) is 0 Å². The predicted molar refractivity (Wildman–Crippen MR) is 103 cm³/mol. The zero-order valence-corrected chi connectivity index (χ0v) is 16.6. The van der Waals surface area contributed by atoms with Gasteiger partial charge in [0, 0.05) is 0 Å². The van der Waals surface area contributed by atoms with Gasteiger partial charge in [-0.3, -0.25) is 0 Å². The minimum atomic E-state index is -0.523. The van der Waals surface area contributed by atoms with Gasteiger partial charge < -0.3 is 4.98 Å². The maximum atomic E-state index is 13.5. The predicted octanol–water partition coefficient (Wildman–Crippen LogP) is 7.16. The lowest BCUT2D eigenvalue weighted by Crippen LogP contribution is -2.06. The molecular formula is C19H17Cl3F2N2. The van der Waals surface area contributed by atoms with Crippen LogP contribution in [0.3, 0.4) is 0 Å². The van der Waals surface area contributed by atoms with E-state index in [-0.39, 0.29) is 10.0 Å². The molecule has 0 amide bonds. The Morgan fingerprint density at radius 1 is 0.885 bits per heavy atom. The summed E-state index contributed by atoms with van der Waals surface area (Å²) in [5.41, 5.74) is 2.04. The third-order valence-corrected chi connectivity index (χ3v) is 4.62. The highest BCUT2D eigenvalue weighted by molar-refractivity contribution is 6.31. The van der Waals surface area contributed by atoms with Crippen molar-refractivity contribution < 1.29 is 8.78 Å². The van der Waals surface area contributed by atoms with E-state index in [4.69, 9.17) is 34.8 Å². The molecular weight excluding hydrogens is 401 g/mol. The largest absolute Gasteiger partial charge is 0.344 e. The molecule has 3 rings (SSSR count). The first-order valence-electron chi connectivity index (χ1n) is 7.98. The minimum absolute atomic E-state index is 0.0138. The molecule has 0 bridgehead atoms. The highest BCUT2D eigenvalue weighted by Crippen LogP contribution is 2.35. The number of hydrogen-bond donors (Lipinski definition) is 1. The molecule has 2 nitrogen and oxygen atoms in total. The molecule has 0 spiro atoms. The van der Waals surface area contributed by atoms with E-state index in [1.165, 1.54) is 24.3 Å². The number of hydrogen-bond acceptors (Lipinski definition) is 1. The second kappa shape index (κ2) is 8.85. The second-order valence-electron chi connectivity index (χ2n) is 5.32. The van der Waals surface area contributed by atoms with Crippen molar-refractivity contribution in [2.24, 2.45) is 0 Å². The van der Waals surface area contributed by atoms with E-state index in [9.17, 15) is 8.78 Å². The standard InChI is InChI=1S/C17H11Cl3F2N2.C2H6/c1-8-16(20)24-17(23-8)15(9-2-4-13(21)11(18)6-9)10-3-5-14(22)12(19)7-10;1-2/h2-7,15H,1H3,(H,23,24);1-2H3. The molecule has 0 fully saturated rings. The lowest BCUT2D eigenvalue weighted by atomic mass is 9.90. The first-order chi connectivity index (χ1) is 12.4. The fourth-order valence-corrected chi connectivity index (χ4v) is 3.01. The van der Waals surface area contributed by atoms with E-state index in [2.05, 4.69) is 9.97 Å². The summed E-state index contributed by atoms with van der Waals surface area (Å²) in [7, 11) is 0. The van der Waals surface area contributed by atoms with E-state index < -0.39 is 17.6 Å². The van der Waals surface area contributed by atoms with E-state index in [0.29, 0.717) is 27.8 Å². The number of halogens is 5. The van der Waals surface area contributed by atoms with Crippen LogP contribution in [0.4, 0.5) is 8.78 Å². The van der Waals surface area contributed by atoms with Crippen molar-refractivity contribution in [1.29, 1.82) is 0 Å². The third-order valence-electron chi connectivity index (χ3n) is 3.67. The summed E-state index contributed by atoms with van der Waals surface area (Å²) in [6, 6.07) is 8.74. The molecule has 0 saturated carbocycles. The fourth-order valence-electron chi connectivity index (χ4n) is 2.49. The van der Waals surface area contributed by atoms with Crippen LogP contribution in [0.15, 0.2) is 36.4 Å². The van der Waals surface area contributed by atoms with Crippen molar-refractivity contribution in [2.45, 2.75) is 26.7 Å². The van der Waals surface area contributed by atoms with E-state index in [1.807, 2.05) is 13.8 Å². The summed E-state index contributed by atoms with van der Waals surface area (Å²) >= 11 is 17.9. The first kappa shape index (κ1) is 20.7. The number of rotatable bonds is 3. The molecule has 0 saturated heterocycles. The average molecular weight is 418 g/mol. The monoisotopic (exact) mass is 416 g/mol. The second-order valence-corrected chi connectivity index (χ2v) is 6.49. The van der Waals surface area contributed by atoms with E-state index in [1.54, 1.807) is 19.1 Å². The molecule has 2 aromatic carbocycles. The van der Waals surface area contributed by atoms with E-state index in [0.717, 1.165) is 0 Å². The molecule has 26 heavy (non-hydrogen) atoms. The summed E-state index contributed by atoms with van der Waals surface area (Å²) < 4.78 is 27.0. The van der Waals surface area contributed by atoms with Crippen LogP contribution in [-0.2, 0) is 0 Å². The minimum Gasteiger partial charge on any atom is -0.344 e. The van der Waals surface area contributed by atoms with Gasteiger partial charge in [0.25, 0.3) is 0 Å². The molecule has 138 valence electrons. The lowest BCUT2D eigenvalue weighted by molar-refractivity contribution is 0.626. The maximum Gasteiger partial charge on any atom is 0.150 e. The zero-order valence-electron chi connectivity index (χ0n) is 14.4. The summed E-state index contributed by atoms with van der Waals surface area (Å²) in [6.07, 6.45) is 0. The number of aryl methyl sites for hydroxylation is 1. The van der Waals surface area contributed by atoms with Gasteiger partial charge in [0.2, 0.25) is 0 Å². The zero-order chi connectivity index (χ0) is 19.4. The van der Waals surface area contributed by atoms with Crippen molar-refractivity contribution in [2.75, 3.05) is 0 Å². The Bertz CT molecular complexity index is 839. The molecule has 0 atom stereocenters. The van der Waals surface area contributed by atoms with E-state index >= 15 is 0 Å². The van der Waals surface area contributed by atoms with Gasteiger partial charge >= 0.3 is 0 Å². The Hall–Kier alpha value is -1.62. The van der Waals surface area contributed by atoms with Crippen LogP contribution in [0.2, 0.25) is 15.2 Å². The maximum absolute atomic E-state index is 13.5. The highest BCUT2D eigenvalue weighted by Gasteiger charge is 2.23. The van der Waals surface area contributed by atoms with Gasteiger partial charge in [0.15, 0.2) is 0 Å². The van der Waals surface area contributed by atoms with Crippen LogP contribution in [0.25, 0.3) is 0 Å². The normalized spacial score (nSPS) is 10.7. The number of aromatic nitrogens is 2. The summed E-state index contributed by atoms with van der Waals surface area (Å²) in [5, 5.41) is 0.302. The quantitative estimate of drug-likeness (QED) is 0.481. The number of imidazole rings is 1. The van der Waals surface area contributed by atoms with Gasteiger partial charge in [-0.1, -0.05) is 60.8 Å². The number of nitrogens with one attached hydrogen (secondary N) is 1. The van der Waals surface area contributed by atoms with Crippen LogP contribution in [-0.4, -0.2) is 9.97 Å². The van der Waals surface area contributed by atoms with Gasteiger partial charge in [0.1, 0.15) is 22.6 Å². The summed E-state index contributed by atoms with van der Waals surface area (Å²) in [5.74, 6) is -0.967. The van der Waals surface area contributed by atoms with Crippen molar-refractivity contribution in [3.63, 3.8) is 0 Å². The molecule has 7 heteroatoms. The van der Waals surface area contributed by atoms with Crippen molar-refractivity contribution >= 4 is 34.8 Å². The van der Waals surface area contributed by atoms with Crippen LogP contribution in [0.5, 0.6) is 0 Å². The Kier molecular flexibility index (Phi) is 7.04. The van der Waals surface area contributed by atoms with Crippen molar-refractivity contribution in [1.82, 2.24) is 9.97 Å². The first-order valence-corrected chi connectivity index (χ1v) is 9.12. The molecule has 0 aliphatic heterocycles. The Labute approximate surface area is 166 Å². The number of benzene rings is 2. The Morgan fingerprint density at radius 2 is 1.35 bits per heavy atom.